The summed E-state index contributed by atoms with van der Waals surface area (Å²) in [4.78, 5) is 37.0. The van der Waals surface area contributed by atoms with Crippen molar-refractivity contribution in [3.05, 3.63) is 71.4 Å². The monoisotopic (exact) mass is 478 g/mol. The summed E-state index contributed by atoms with van der Waals surface area (Å²) in [6.45, 7) is 1.68. The minimum absolute atomic E-state index is 0.0823. The van der Waals surface area contributed by atoms with Crippen molar-refractivity contribution in [2.24, 2.45) is 7.05 Å². The number of aromatic carboxylic acids is 1. The summed E-state index contributed by atoms with van der Waals surface area (Å²) in [6.07, 6.45) is -0.256. The first-order chi connectivity index (χ1) is 16.8. The maximum atomic E-state index is 12.9. The molecule has 2 atom stereocenters. The van der Waals surface area contributed by atoms with E-state index in [1.165, 1.54) is 25.0 Å². The molecule has 0 radical (unpaired) electrons. The minimum Gasteiger partial charge on any atom is -0.477 e. The molecule has 10 nitrogen and oxygen atoms in total. The van der Waals surface area contributed by atoms with Crippen LogP contribution in [0.3, 0.4) is 0 Å². The van der Waals surface area contributed by atoms with Gasteiger partial charge in [0.2, 0.25) is 0 Å². The molecule has 4 rings (SSSR count). The summed E-state index contributed by atoms with van der Waals surface area (Å²) < 4.78 is 12.1. The van der Waals surface area contributed by atoms with Gasteiger partial charge in [-0.2, -0.15) is 5.10 Å². The van der Waals surface area contributed by atoms with Gasteiger partial charge >= 0.3 is 12.1 Å². The Bertz CT molecular complexity index is 1220. The fourth-order valence-electron chi connectivity index (χ4n) is 4.23. The number of aromatic nitrogens is 2. The van der Waals surface area contributed by atoms with Crippen LogP contribution >= 0.6 is 0 Å². The third kappa shape index (κ3) is 4.87. The number of anilines is 1. The molecular weight excluding hydrogens is 452 g/mol. The highest BCUT2D eigenvalue weighted by atomic mass is 16.5. The normalized spacial score (nSPS) is 13.9. The Morgan fingerprint density at radius 2 is 1.69 bits per heavy atom. The highest BCUT2D eigenvalue weighted by molar-refractivity contribution is 6.02. The van der Waals surface area contributed by atoms with Gasteiger partial charge in [-0.05, 0) is 29.2 Å². The Kier molecular flexibility index (Phi) is 6.83. The highest BCUT2D eigenvalue weighted by Gasteiger charge is 2.32. The molecule has 0 aliphatic heterocycles. The van der Waals surface area contributed by atoms with Crippen molar-refractivity contribution < 1.29 is 29.0 Å². The lowest BCUT2D eigenvalue weighted by atomic mass is 9.98. The Labute approximate surface area is 201 Å². The molecule has 1 aliphatic rings. The second-order valence-corrected chi connectivity index (χ2v) is 8.25. The van der Waals surface area contributed by atoms with E-state index in [0.717, 1.165) is 22.3 Å². The van der Waals surface area contributed by atoms with Crippen molar-refractivity contribution in [3.8, 4) is 11.1 Å². The lowest BCUT2D eigenvalue weighted by Gasteiger charge is -2.23. The van der Waals surface area contributed by atoms with Crippen LogP contribution in [0.5, 0.6) is 0 Å². The van der Waals surface area contributed by atoms with E-state index in [1.54, 1.807) is 6.92 Å². The molecule has 1 aromatic heterocycles. The van der Waals surface area contributed by atoms with E-state index in [9.17, 15) is 19.5 Å². The minimum atomic E-state index is -1.24. The molecule has 0 spiro atoms. The number of hydrogen-bond donors (Lipinski definition) is 3. The van der Waals surface area contributed by atoms with Gasteiger partial charge in [0.05, 0.1) is 6.10 Å². The lowest BCUT2D eigenvalue weighted by Crippen LogP contribution is -2.51. The number of carboxylic acids is 1. The van der Waals surface area contributed by atoms with Gasteiger partial charge in [0.1, 0.15) is 18.2 Å². The molecule has 0 saturated heterocycles. The Hall–Kier alpha value is -4.18. The maximum absolute atomic E-state index is 12.9. The first-order valence-corrected chi connectivity index (χ1v) is 11.0. The fourth-order valence-corrected chi connectivity index (χ4v) is 4.23. The first-order valence-electron chi connectivity index (χ1n) is 11.0. The molecule has 3 aromatic rings. The summed E-state index contributed by atoms with van der Waals surface area (Å²) in [5.74, 6) is -2.19. The zero-order valence-electron chi connectivity index (χ0n) is 19.5. The molecule has 0 bridgehead atoms. The van der Waals surface area contributed by atoms with Gasteiger partial charge in [0, 0.05) is 26.3 Å². The number of methoxy groups -OCH3 is 1. The number of alkyl carbamates (subject to hydrolysis) is 1. The van der Waals surface area contributed by atoms with Crippen LogP contribution in [-0.4, -0.2) is 58.7 Å². The molecule has 1 heterocycles. The quantitative estimate of drug-likeness (QED) is 0.453. The predicted octanol–water partition coefficient (Wildman–Crippen LogP) is 3.00. The zero-order chi connectivity index (χ0) is 25.1. The number of rotatable bonds is 8. The summed E-state index contributed by atoms with van der Waals surface area (Å²) in [7, 11) is 2.93. The molecule has 182 valence electrons. The number of fused-ring (bicyclic) bond motifs is 3. The van der Waals surface area contributed by atoms with Crippen molar-refractivity contribution in [1.82, 2.24) is 15.1 Å². The van der Waals surface area contributed by atoms with Gasteiger partial charge < -0.3 is 25.2 Å². The first kappa shape index (κ1) is 24.0. The zero-order valence-corrected chi connectivity index (χ0v) is 19.5. The van der Waals surface area contributed by atoms with Crippen LogP contribution in [0.25, 0.3) is 11.1 Å². The largest absolute Gasteiger partial charge is 0.477 e. The average Bonchev–Trinajstić information content (AvgIpc) is 3.38. The lowest BCUT2D eigenvalue weighted by molar-refractivity contribution is -0.121. The van der Waals surface area contributed by atoms with Crippen molar-refractivity contribution in [2.45, 2.75) is 25.0 Å². The molecule has 2 aromatic carbocycles. The summed E-state index contributed by atoms with van der Waals surface area (Å²) in [5.41, 5.74) is 4.17. The Morgan fingerprint density at radius 1 is 1.09 bits per heavy atom. The van der Waals surface area contributed by atoms with E-state index in [1.807, 2.05) is 48.5 Å². The summed E-state index contributed by atoms with van der Waals surface area (Å²) >= 11 is 0. The van der Waals surface area contributed by atoms with Crippen molar-refractivity contribution in [1.29, 1.82) is 0 Å². The number of nitrogens with one attached hydrogen (secondary N) is 2. The van der Waals surface area contributed by atoms with Crippen LogP contribution in [0, 0.1) is 0 Å². The molecule has 0 fully saturated rings. The van der Waals surface area contributed by atoms with Crippen molar-refractivity contribution >= 4 is 23.8 Å². The number of aryl methyl sites for hydroxylation is 1. The SMILES string of the molecule is CO[C@H](C)[C@H](NC(=O)OCC1c2ccccc2-c2ccccc21)C(=O)Nc1nn(C)cc1C(=O)O. The van der Waals surface area contributed by atoms with Crippen LogP contribution in [0.2, 0.25) is 0 Å². The molecule has 10 heteroatoms. The fraction of sp³-hybridized carbons (Fsp3) is 0.280. The van der Waals surface area contributed by atoms with Crippen LogP contribution in [-0.2, 0) is 21.3 Å². The molecule has 0 unspecified atom stereocenters. The summed E-state index contributed by atoms with van der Waals surface area (Å²) in [5, 5.41) is 18.3. The summed E-state index contributed by atoms with van der Waals surface area (Å²) in [6, 6.07) is 14.8. The van der Waals surface area contributed by atoms with Crippen LogP contribution < -0.4 is 10.6 Å². The standard InChI is InChI=1S/C25H26N4O6/c1-14(34-3)21(23(30)27-22-19(24(31)32)12-29(2)28-22)26-25(33)35-13-20-17-10-6-4-8-15(17)16-9-5-7-11-18(16)20/h4-12,14,20-21H,13H2,1-3H3,(H,26,33)(H,31,32)(H,27,28,30)/t14-,21+/m1/s1. The molecule has 2 amide bonds. The molecular formula is C25H26N4O6. The van der Waals surface area contributed by atoms with E-state index in [0.29, 0.717) is 0 Å². The van der Waals surface area contributed by atoms with Gasteiger partial charge in [0.15, 0.2) is 5.82 Å². The van der Waals surface area contributed by atoms with Gasteiger partial charge in [-0.15, -0.1) is 0 Å². The van der Waals surface area contributed by atoms with Crippen LogP contribution in [0.1, 0.15) is 34.3 Å². The van der Waals surface area contributed by atoms with Crippen LogP contribution in [0.15, 0.2) is 54.7 Å². The maximum Gasteiger partial charge on any atom is 0.407 e. The third-order valence-corrected chi connectivity index (χ3v) is 6.04. The number of carboxylic acid groups (broad SMARTS) is 1. The molecule has 3 N–H and O–H groups in total. The van der Waals surface area contributed by atoms with E-state index in [4.69, 9.17) is 9.47 Å². The topological polar surface area (TPSA) is 132 Å². The van der Waals surface area contributed by atoms with E-state index < -0.39 is 30.1 Å². The van der Waals surface area contributed by atoms with Gasteiger partial charge in [0.25, 0.3) is 5.91 Å². The number of carbonyl (C=O) groups is 3. The van der Waals surface area contributed by atoms with E-state index in [-0.39, 0.29) is 23.9 Å². The number of amides is 2. The average molecular weight is 479 g/mol. The van der Waals surface area contributed by atoms with Crippen LogP contribution in [0.4, 0.5) is 10.6 Å². The molecule has 35 heavy (non-hydrogen) atoms. The smallest absolute Gasteiger partial charge is 0.407 e. The van der Waals surface area contributed by atoms with E-state index >= 15 is 0 Å². The van der Waals surface area contributed by atoms with Crippen molar-refractivity contribution in [2.75, 3.05) is 19.0 Å². The Morgan fingerprint density at radius 3 is 2.26 bits per heavy atom. The number of benzene rings is 2. The predicted molar refractivity (Wildman–Crippen MR) is 127 cm³/mol. The third-order valence-electron chi connectivity index (χ3n) is 6.04. The Balaban J connectivity index is 1.45. The second kappa shape index (κ2) is 9.98. The number of carbonyl (C=O) groups excluding carboxylic acids is 2. The number of nitrogens with zero attached hydrogens (tertiary/aromatic N) is 2. The molecule has 0 saturated carbocycles. The highest BCUT2D eigenvalue weighted by Crippen LogP contribution is 2.44. The molecule has 1 aliphatic carbocycles. The second-order valence-electron chi connectivity index (χ2n) is 8.25. The van der Waals surface area contributed by atoms with Gasteiger partial charge in [-0.1, -0.05) is 48.5 Å². The number of hydrogen-bond acceptors (Lipinski definition) is 6. The van der Waals surface area contributed by atoms with E-state index in [2.05, 4.69) is 15.7 Å². The number of ether oxygens (including phenoxy) is 2. The van der Waals surface area contributed by atoms with Crippen molar-refractivity contribution in [3.63, 3.8) is 0 Å². The van der Waals surface area contributed by atoms with Gasteiger partial charge in [-0.25, -0.2) is 9.59 Å². The van der Waals surface area contributed by atoms with Gasteiger partial charge in [-0.3, -0.25) is 9.48 Å².